The Morgan fingerprint density at radius 3 is 2.52 bits per heavy atom. The largest absolute Gasteiger partial charge is 0.479 e. The number of Topliss-reactive ketones (excluding diaryl/α,β-unsaturated/α-hetero) is 1. The number of anilines is 1. The quantitative estimate of drug-likeness (QED) is 0.800. The van der Waals surface area contributed by atoms with Crippen LogP contribution in [0.5, 0.6) is 5.75 Å². The van der Waals surface area contributed by atoms with E-state index in [0.717, 1.165) is 0 Å². The van der Waals surface area contributed by atoms with Crippen LogP contribution in [-0.4, -0.2) is 17.8 Å². The Bertz CT molecular complexity index is 746. The molecule has 0 bridgehead atoms. The first-order valence-electron chi connectivity index (χ1n) is 6.91. The fourth-order valence-corrected chi connectivity index (χ4v) is 2.27. The molecule has 0 aliphatic heterocycles. The maximum absolute atomic E-state index is 12.3. The van der Waals surface area contributed by atoms with Crippen molar-refractivity contribution in [1.82, 2.24) is 0 Å². The van der Waals surface area contributed by atoms with E-state index in [1.807, 2.05) is 0 Å². The summed E-state index contributed by atoms with van der Waals surface area (Å²) in [5.41, 5.74) is 0.881. The molecular formula is C17H15Cl2NO3. The average molecular weight is 352 g/mol. The lowest BCUT2D eigenvalue weighted by molar-refractivity contribution is -0.122. The first-order chi connectivity index (χ1) is 10.9. The fourth-order valence-electron chi connectivity index (χ4n) is 1.94. The van der Waals surface area contributed by atoms with Crippen molar-refractivity contribution < 1.29 is 14.3 Å². The Morgan fingerprint density at radius 1 is 1.13 bits per heavy atom. The van der Waals surface area contributed by atoms with Crippen LogP contribution in [-0.2, 0) is 4.79 Å². The molecule has 120 valence electrons. The molecule has 0 aliphatic carbocycles. The highest BCUT2D eigenvalue weighted by Crippen LogP contribution is 2.28. The summed E-state index contributed by atoms with van der Waals surface area (Å²) in [6.07, 6.45) is -0.814. The molecule has 0 fully saturated rings. The second-order valence-electron chi connectivity index (χ2n) is 4.93. The van der Waals surface area contributed by atoms with Gasteiger partial charge in [-0.1, -0.05) is 35.3 Å². The first kappa shape index (κ1) is 17.3. The normalized spacial score (nSPS) is 11.7. The van der Waals surface area contributed by atoms with Crippen LogP contribution < -0.4 is 10.1 Å². The van der Waals surface area contributed by atoms with Crippen LogP contribution in [0.15, 0.2) is 42.5 Å². The number of hydrogen-bond donors (Lipinski definition) is 1. The van der Waals surface area contributed by atoms with Gasteiger partial charge in [-0.15, -0.1) is 0 Å². The summed E-state index contributed by atoms with van der Waals surface area (Å²) in [5.74, 6) is -0.205. The summed E-state index contributed by atoms with van der Waals surface area (Å²) in [5, 5.41) is 3.50. The second-order valence-corrected chi connectivity index (χ2v) is 5.77. The van der Waals surface area contributed by atoms with Crippen LogP contribution in [0.4, 0.5) is 5.69 Å². The third-order valence-electron chi connectivity index (χ3n) is 3.13. The Labute approximate surface area is 144 Å². The van der Waals surface area contributed by atoms with E-state index < -0.39 is 12.0 Å². The van der Waals surface area contributed by atoms with Gasteiger partial charge < -0.3 is 10.1 Å². The van der Waals surface area contributed by atoms with Gasteiger partial charge in [0.2, 0.25) is 0 Å². The molecule has 2 aromatic rings. The monoisotopic (exact) mass is 351 g/mol. The first-order valence-corrected chi connectivity index (χ1v) is 7.66. The number of halogens is 2. The van der Waals surface area contributed by atoms with E-state index in [9.17, 15) is 9.59 Å². The summed E-state index contributed by atoms with van der Waals surface area (Å²) in [6.45, 7) is 3.03. The van der Waals surface area contributed by atoms with E-state index in [1.165, 1.54) is 13.0 Å². The van der Waals surface area contributed by atoms with Crippen LogP contribution in [0.1, 0.15) is 24.2 Å². The van der Waals surface area contributed by atoms with E-state index in [0.29, 0.717) is 27.0 Å². The molecule has 1 amide bonds. The molecule has 6 heteroatoms. The molecular weight excluding hydrogens is 337 g/mol. The minimum atomic E-state index is -0.814. The Kier molecular flexibility index (Phi) is 5.64. The van der Waals surface area contributed by atoms with E-state index >= 15 is 0 Å². The van der Waals surface area contributed by atoms with Crippen molar-refractivity contribution in [2.24, 2.45) is 0 Å². The highest BCUT2D eigenvalue weighted by molar-refractivity contribution is 6.34. The van der Waals surface area contributed by atoms with Gasteiger partial charge in [-0.05, 0) is 38.1 Å². The Hall–Kier alpha value is -2.04. The molecule has 0 saturated heterocycles. The number of amides is 1. The minimum absolute atomic E-state index is 0.132. The molecule has 0 aromatic heterocycles. The smallest absolute Gasteiger partial charge is 0.265 e. The van der Waals surface area contributed by atoms with Gasteiger partial charge in [-0.3, -0.25) is 9.59 Å². The standard InChI is InChI=1S/C17H15Cl2NO3/c1-10(21)13-5-3-4-6-15(13)20-17(22)11(2)23-16-9-12(18)7-8-14(16)19/h3-9,11H,1-2H3,(H,20,22)/t11-/m1/s1. The van der Waals surface area contributed by atoms with Crippen LogP contribution in [0.3, 0.4) is 0 Å². The number of ketones is 1. The van der Waals surface area contributed by atoms with Crippen molar-refractivity contribution in [3.63, 3.8) is 0 Å². The number of hydrogen-bond acceptors (Lipinski definition) is 3. The number of rotatable bonds is 5. The zero-order valence-corrected chi connectivity index (χ0v) is 14.1. The second kappa shape index (κ2) is 7.49. The number of benzene rings is 2. The third-order valence-corrected chi connectivity index (χ3v) is 3.68. The molecule has 0 saturated carbocycles. The number of ether oxygens (including phenoxy) is 1. The van der Waals surface area contributed by atoms with E-state index in [1.54, 1.807) is 43.3 Å². The van der Waals surface area contributed by atoms with Crippen molar-refractivity contribution in [1.29, 1.82) is 0 Å². The molecule has 0 aliphatic rings. The number of carbonyl (C=O) groups excluding carboxylic acids is 2. The van der Waals surface area contributed by atoms with Crippen LogP contribution in [0.25, 0.3) is 0 Å². The van der Waals surface area contributed by atoms with Crippen molar-refractivity contribution in [3.05, 3.63) is 58.1 Å². The van der Waals surface area contributed by atoms with Crippen molar-refractivity contribution in [3.8, 4) is 5.75 Å². The van der Waals surface area contributed by atoms with Gasteiger partial charge in [0.1, 0.15) is 5.75 Å². The van der Waals surface area contributed by atoms with Gasteiger partial charge in [0, 0.05) is 16.7 Å². The molecule has 1 atom stereocenters. The minimum Gasteiger partial charge on any atom is -0.479 e. The summed E-state index contributed by atoms with van der Waals surface area (Å²) < 4.78 is 5.55. The predicted octanol–water partition coefficient (Wildman–Crippen LogP) is 4.60. The SMILES string of the molecule is CC(=O)c1ccccc1NC(=O)[C@@H](C)Oc1cc(Cl)ccc1Cl. The van der Waals surface area contributed by atoms with Crippen LogP contribution in [0.2, 0.25) is 10.0 Å². The summed E-state index contributed by atoms with van der Waals surface area (Å²) in [7, 11) is 0. The Morgan fingerprint density at radius 2 is 1.83 bits per heavy atom. The zero-order chi connectivity index (χ0) is 17.0. The Balaban J connectivity index is 2.12. The van der Waals surface area contributed by atoms with E-state index in [4.69, 9.17) is 27.9 Å². The maximum Gasteiger partial charge on any atom is 0.265 e. The zero-order valence-electron chi connectivity index (χ0n) is 12.6. The molecule has 1 N–H and O–H groups in total. The highest BCUT2D eigenvalue weighted by Gasteiger charge is 2.18. The van der Waals surface area contributed by atoms with Gasteiger partial charge in [0.05, 0.1) is 10.7 Å². The van der Waals surface area contributed by atoms with Gasteiger partial charge >= 0.3 is 0 Å². The number of carbonyl (C=O) groups is 2. The lowest BCUT2D eigenvalue weighted by Crippen LogP contribution is -2.30. The van der Waals surface area contributed by atoms with Gasteiger partial charge in [-0.25, -0.2) is 0 Å². The van der Waals surface area contributed by atoms with Gasteiger partial charge in [0.15, 0.2) is 11.9 Å². The molecule has 4 nitrogen and oxygen atoms in total. The fraction of sp³-hybridized carbons (Fsp3) is 0.176. The maximum atomic E-state index is 12.3. The van der Waals surface area contributed by atoms with E-state index in [2.05, 4.69) is 5.32 Å². The number of para-hydroxylation sites is 1. The van der Waals surface area contributed by atoms with Gasteiger partial charge in [-0.2, -0.15) is 0 Å². The summed E-state index contributed by atoms with van der Waals surface area (Å²) in [4.78, 5) is 23.8. The molecule has 23 heavy (non-hydrogen) atoms. The van der Waals surface area contributed by atoms with Crippen molar-refractivity contribution >= 4 is 40.6 Å². The molecule has 0 spiro atoms. The third kappa shape index (κ3) is 4.47. The predicted molar refractivity (Wildman–Crippen MR) is 91.6 cm³/mol. The average Bonchev–Trinajstić information content (AvgIpc) is 2.51. The van der Waals surface area contributed by atoms with E-state index in [-0.39, 0.29) is 5.78 Å². The number of nitrogens with one attached hydrogen (secondary N) is 1. The molecule has 0 radical (unpaired) electrons. The summed E-state index contributed by atoms with van der Waals surface area (Å²) in [6, 6.07) is 11.5. The van der Waals surface area contributed by atoms with Crippen LogP contribution in [0, 0.1) is 0 Å². The topological polar surface area (TPSA) is 55.4 Å². The molecule has 2 aromatic carbocycles. The van der Waals surface area contributed by atoms with Crippen LogP contribution >= 0.6 is 23.2 Å². The van der Waals surface area contributed by atoms with Gasteiger partial charge in [0.25, 0.3) is 5.91 Å². The van der Waals surface area contributed by atoms with Crippen molar-refractivity contribution in [2.45, 2.75) is 20.0 Å². The lowest BCUT2D eigenvalue weighted by Gasteiger charge is -2.16. The highest BCUT2D eigenvalue weighted by atomic mass is 35.5. The molecule has 0 heterocycles. The molecule has 0 unspecified atom stereocenters. The lowest BCUT2D eigenvalue weighted by atomic mass is 10.1. The van der Waals surface area contributed by atoms with Crippen molar-refractivity contribution in [2.75, 3.05) is 5.32 Å². The summed E-state index contributed by atoms with van der Waals surface area (Å²) >= 11 is 11.9. The molecule has 2 rings (SSSR count).